The summed E-state index contributed by atoms with van der Waals surface area (Å²) in [5, 5.41) is 3.09. The van der Waals surface area contributed by atoms with Crippen molar-refractivity contribution in [1.82, 2.24) is 10.2 Å². The predicted octanol–water partition coefficient (Wildman–Crippen LogP) is 4.06. The topological polar surface area (TPSA) is 60.0 Å². The van der Waals surface area contributed by atoms with Gasteiger partial charge in [0.05, 0.1) is 20.3 Å². The lowest BCUT2D eigenvalue weighted by Crippen LogP contribution is -2.40. The number of benzene rings is 3. The third-order valence-electron chi connectivity index (χ3n) is 6.49. The maximum absolute atomic E-state index is 13.0. The van der Waals surface area contributed by atoms with Gasteiger partial charge in [-0.2, -0.15) is 0 Å². The first-order valence-electron chi connectivity index (χ1n) is 11.8. The maximum atomic E-state index is 13.0. The molecule has 0 bridgehead atoms. The molecule has 3 aromatic carbocycles. The van der Waals surface area contributed by atoms with Crippen LogP contribution in [0.3, 0.4) is 0 Å². The van der Waals surface area contributed by atoms with E-state index in [0.29, 0.717) is 26.2 Å². The lowest BCUT2D eigenvalue weighted by atomic mass is 9.97. The van der Waals surface area contributed by atoms with E-state index in [9.17, 15) is 4.79 Å². The number of ether oxygens (including phenoxy) is 3. The number of methoxy groups -OCH3 is 1. The molecule has 2 atom stereocenters. The first-order chi connectivity index (χ1) is 16.7. The molecule has 6 heteroatoms. The van der Waals surface area contributed by atoms with E-state index in [2.05, 4.69) is 34.5 Å². The molecule has 0 saturated carbocycles. The summed E-state index contributed by atoms with van der Waals surface area (Å²) in [7, 11) is 1.67. The Kier molecular flexibility index (Phi) is 6.79. The number of rotatable bonds is 6. The van der Waals surface area contributed by atoms with E-state index < -0.39 is 0 Å². The van der Waals surface area contributed by atoms with Crippen molar-refractivity contribution < 1.29 is 19.0 Å². The minimum atomic E-state index is -0.249. The Morgan fingerprint density at radius 3 is 2.59 bits per heavy atom. The Balaban J connectivity index is 1.29. The molecule has 2 heterocycles. The Bertz CT molecular complexity index is 1150. The van der Waals surface area contributed by atoms with Crippen molar-refractivity contribution >= 4 is 5.91 Å². The van der Waals surface area contributed by atoms with E-state index in [-0.39, 0.29) is 24.7 Å². The second kappa shape index (κ2) is 10.3. The maximum Gasteiger partial charge on any atom is 0.234 e. The summed E-state index contributed by atoms with van der Waals surface area (Å²) in [4.78, 5) is 15.1. The summed E-state index contributed by atoms with van der Waals surface area (Å²) >= 11 is 0. The van der Waals surface area contributed by atoms with Gasteiger partial charge in [0.2, 0.25) is 5.91 Å². The minimum absolute atomic E-state index is 0.0233. The first kappa shape index (κ1) is 22.4. The average Bonchev–Trinajstić information content (AvgIpc) is 3.06. The van der Waals surface area contributed by atoms with Gasteiger partial charge in [0.25, 0.3) is 0 Å². The van der Waals surface area contributed by atoms with Gasteiger partial charge < -0.3 is 19.5 Å². The van der Waals surface area contributed by atoms with Crippen LogP contribution < -0.4 is 14.8 Å². The largest absolute Gasteiger partial charge is 0.496 e. The smallest absolute Gasteiger partial charge is 0.234 e. The van der Waals surface area contributed by atoms with E-state index in [0.717, 1.165) is 29.0 Å². The number of hydrogen-bond acceptors (Lipinski definition) is 5. The van der Waals surface area contributed by atoms with E-state index in [4.69, 9.17) is 14.2 Å². The van der Waals surface area contributed by atoms with Gasteiger partial charge in [0, 0.05) is 30.8 Å². The van der Waals surface area contributed by atoms with Crippen LogP contribution in [0.4, 0.5) is 0 Å². The van der Waals surface area contributed by atoms with Crippen molar-refractivity contribution in [3.05, 3.63) is 95.1 Å². The van der Waals surface area contributed by atoms with Gasteiger partial charge in [-0.1, -0.05) is 60.7 Å². The number of hydrogen-bond donors (Lipinski definition) is 1. The fourth-order valence-corrected chi connectivity index (χ4v) is 4.81. The highest BCUT2D eigenvalue weighted by Gasteiger charge is 2.28. The summed E-state index contributed by atoms with van der Waals surface area (Å²) < 4.78 is 18.0. The number of fused-ring (bicyclic) bond motifs is 2. The van der Waals surface area contributed by atoms with Crippen molar-refractivity contribution in [1.29, 1.82) is 0 Å². The molecule has 2 aliphatic heterocycles. The van der Waals surface area contributed by atoms with Gasteiger partial charge in [-0.3, -0.25) is 9.69 Å². The third kappa shape index (κ3) is 4.93. The third-order valence-corrected chi connectivity index (χ3v) is 6.49. The fourth-order valence-electron chi connectivity index (χ4n) is 4.81. The van der Waals surface area contributed by atoms with Crippen molar-refractivity contribution in [2.75, 3.05) is 33.4 Å². The quantitative estimate of drug-likeness (QED) is 0.604. The van der Waals surface area contributed by atoms with Crippen LogP contribution >= 0.6 is 0 Å². The van der Waals surface area contributed by atoms with Gasteiger partial charge in [-0.05, 0) is 29.7 Å². The van der Waals surface area contributed by atoms with Gasteiger partial charge in [-0.25, -0.2) is 0 Å². The molecule has 0 aliphatic carbocycles. The standard InChI is InChI=1S/C28H30N2O4/c1-32-25-13-7-5-11-23(25)27-18-30(17-21-9-3-6-12-24(21)34-27)19-28(31)29-16-26-22-10-4-2-8-20(22)14-15-33-26/h2-13,26-27H,14-19H2,1H3,(H,29,31). The van der Waals surface area contributed by atoms with Crippen LogP contribution in [0.25, 0.3) is 0 Å². The molecule has 176 valence electrons. The molecule has 0 fully saturated rings. The normalized spacial score (nSPS) is 19.8. The first-order valence-corrected chi connectivity index (χ1v) is 11.8. The Morgan fingerprint density at radius 1 is 1.00 bits per heavy atom. The van der Waals surface area contributed by atoms with E-state index in [1.807, 2.05) is 48.5 Å². The zero-order chi connectivity index (χ0) is 23.3. The molecular formula is C28H30N2O4. The van der Waals surface area contributed by atoms with Crippen LogP contribution in [-0.2, 0) is 22.5 Å². The summed E-state index contributed by atoms with van der Waals surface area (Å²) in [5.41, 5.74) is 4.51. The van der Waals surface area contributed by atoms with Crippen LogP contribution in [0.2, 0.25) is 0 Å². The number of amides is 1. The molecule has 2 unspecified atom stereocenters. The van der Waals surface area contributed by atoms with Crippen LogP contribution in [0.5, 0.6) is 11.5 Å². The SMILES string of the molecule is COc1ccccc1C1CN(CC(=O)NCC2OCCc3ccccc32)Cc2ccccc2O1. The molecule has 0 spiro atoms. The van der Waals surface area contributed by atoms with Crippen molar-refractivity contribution in [3.8, 4) is 11.5 Å². The van der Waals surface area contributed by atoms with Crippen molar-refractivity contribution in [2.45, 2.75) is 25.2 Å². The average molecular weight is 459 g/mol. The second-order valence-electron chi connectivity index (χ2n) is 8.74. The second-order valence-corrected chi connectivity index (χ2v) is 8.74. The van der Waals surface area contributed by atoms with Crippen LogP contribution in [0.15, 0.2) is 72.8 Å². The minimum Gasteiger partial charge on any atom is -0.496 e. The zero-order valence-electron chi connectivity index (χ0n) is 19.4. The predicted molar refractivity (Wildman–Crippen MR) is 130 cm³/mol. The molecule has 34 heavy (non-hydrogen) atoms. The lowest BCUT2D eigenvalue weighted by molar-refractivity contribution is -0.123. The molecule has 1 amide bonds. The monoisotopic (exact) mass is 458 g/mol. The summed E-state index contributed by atoms with van der Waals surface area (Å²) in [6.07, 6.45) is 0.558. The Labute approximate surface area is 200 Å². The highest BCUT2D eigenvalue weighted by molar-refractivity contribution is 5.78. The van der Waals surface area contributed by atoms with Gasteiger partial charge in [0.15, 0.2) is 0 Å². The fraction of sp³-hybridized carbons (Fsp3) is 0.321. The van der Waals surface area contributed by atoms with Crippen molar-refractivity contribution in [2.24, 2.45) is 0 Å². The molecular weight excluding hydrogens is 428 g/mol. The number of carbonyl (C=O) groups is 1. The molecule has 3 aromatic rings. The summed E-state index contributed by atoms with van der Waals surface area (Å²) in [6, 6.07) is 24.2. The molecule has 0 aromatic heterocycles. The van der Waals surface area contributed by atoms with E-state index >= 15 is 0 Å². The molecule has 1 N–H and O–H groups in total. The molecule has 5 rings (SSSR count). The van der Waals surface area contributed by atoms with E-state index in [1.54, 1.807) is 7.11 Å². The lowest BCUT2D eigenvalue weighted by Gasteiger charge is -2.27. The molecule has 6 nitrogen and oxygen atoms in total. The Hall–Kier alpha value is -3.35. The molecule has 0 saturated heterocycles. The Morgan fingerprint density at radius 2 is 1.74 bits per heavy atom. The number of para-hydroxylation sites is 2. The number of nitrogens with zero attached hydrogens (tertiary/aromatic N) is 1. The highest BCUT2D eigenvalue weighted by atomic mass is 16.5. The molecule has 2 aliphatic rings. The van der Waals surface area contributed by atoms with Crippen LogP contribution in [0, 0.1) is 0 Å². The molecule has 0 radical (unpaired) electrons. The van der Waals surface area contributed by atoms with E-state index in [1.165, 1.54) is 11.1 Å². The highest BCUT2D eigenvalue weighted by Crippen LogP contribution is 2.34. The number of nitrogens with one attached hydrogen (secondary N) is 1. The summed E-state index contributed by atoms with van der Waals surface area (Å²) in [6.45, 7) is 2.63. The zero-order valence-corrected chi connectivity index (χ0v) is 19.4. The van der Waals surface area contributed by atoms with Gasteiger partial charge in [-0.15, -0.1) is 0 Å². The number of carbonyl (C=O) groups excluding carboxylic acids is 1. The summed E-state index contributed by atoms with van der Waals surface area (Å²) in [5.74, 6) is 1.60. The van der Waals surface area contributed by atoms with Crippen LogP contribution in [0.1, 0.15) is 34.5 Å². The van der Waals surface area contributed by atoms with Gasteiger partial charge in [0.1, 0.15) is 23.7 Å². The van der Waals surface area contributed by atoms with Crippen LogP contribution in [-0.4, -0.2) is 44.2 Å². The van der Waals surface area contributed by atoms with Crippen molar-refractivity contribution in [3.63, 3.8) is 0 Å². The van der Waals surface area contributed by atoms with Gasteiger partial charge >= 0.3 is 0 Å².